The van der Waals surface area contributed by atoms with Gasteiger partial charge in [0, 0.05) is 18.8 Å². The highest BCUT2D eigenvalue weighted by molar-refractivity contribution is 5.80. The largest absolute Gasteiger partial charge is 0.390 e. The first kappa shape index (κ1) is 35.7. The number of carbonyl (C=O) groups excluding carboxylic acids is 2. The number of carbonyl (C=O) groups is 2. The van der Waals surface area contributed by atoms with Crippen molar-refractivity contribution in [1.82, 2.24) is 0 Å². The van der Waals surface area contributed by atoms with Gasteiger partial charge in [0.25, 0.3) is 0 Å². The van der Waals surface area contributed by atoms with Crippen molar-refractivity contribution >= 4 is 11.6 Å². The Bertz CT molecular complexity index is 1260. The van der Waals surface area contributed by atoms with Crippen LogP contribution in [-0.4, -0.2) is 33.0 Å². The van der Waals surface area contributed by atoms with Crippen molar-refractivity contribution in [1.29, 1.82) is 0 Å². The molecule has 0 aromatic rings. The molecule has 8 fully saturated rings. The summed E-state index contributed by atoms with van der Waals surface area (Å²) < 4.78 is 0. The maximum Gasteiger partial charge on any atom is 0.133 e. The van der Waals surface area contributed by atoms with E-state index in [1.165, 1.54) is 77.0 Å². The molecule has 272 valence electrons. The molecule has 15 atom stereocenters. The van der Waals surface area contributed by atoms with Gasteiger partial charge in [-0.3, -0.25) is 9.59 Å². The highest BCUT2D eigenvalue weighted by atomic mass is 16.3. The van der Waals surface area contributed by atoms with Crippen molar-refractivity contribution in [2.24, 2.45) is 80.8 Å². The van der Waals surface area contributed by atoms with E-state index in [0.717, 1.165) is 74.0 Å². The van der Waals surface area contributed by atoms with Crippen molar-refractivity contribution < 1.29 is 19.8 Å². The van der Waals surface area contributed by atoms with E-state index < -0.39 is 11.2 Å². The zero-order valence-electron chi connectivity index (χ0n) is 32.2. The molecule has 0 saturated heterocycles. The molecule has 0 unspecified atom stereocenters. The highest BCUT2D eigenvalue weighted by Gasteiger charge is 2.63. The van der Waals surface area contributed by atoms with Crippen LogP contribution in [0.4, 0.5) is 0 Å². The van der Waals surface area contributed by atoms with Gasteiger partial charge in [0.15, 0.2) is 0 Å². The molecule has 0 radical (unpaired) electrons. The summed E-state index contributed by atoms with van der Waals surface area (Å²) in [5.74, 6) is 7.96. The first-order valence-corrected chi connectivity index (χ1v) is 20.8. The Hall–Kier alpha value is -0.740. The van der Waals surface area contributed by atoms with E-state index in [4.69, 9.17) is 0 Å². The molecule has 0 spiro atoms. The molecule has 4 nitrogen and oxygen atoms in total. The van der Waals surface area contributed by atoms with E-state index >= 15 is 0 Å². The molecule has 8 aliphatic rings. The summed E-state index contributed by atoms with van der Waals surface area (Å²) in [6, 6.07) is 0. The SMILES string of the molecule is CC(=O)[C@H]1CC[C@H]2[C@@H]3CC[C@H]4C[C@@](C)(O)CC[C@]4(C)[C@H]3CC[C@]12C.CC(C)(O)[C@H]1CC[C@H]2[C@@H]3CC[C@H]4CC(=O)CC[C@]4(C)[C@H]3CC[C@]12C. The Labute approximate surface area is 293 Å². The van der Waals surface area contributed by atoms with Gasteiger partial charge < -0.3 is 10.2 Å². The molecular weight excluding hydrogens is 592 g/mol. The summed E-state index contributed by atoms with van der Waals surface area (Å²) in [5, 5.41) is 21.3. The van der Waals surface area contributed by atoms with Gasteiger partial charge in [-0.1, -0.05) is 27.7 Å². The van der Waals surface area contributed by atoms with Crippen LogP contribution in [-0.2, 0) is 9.59 Å². The Morgan fingerprint density at radius 1 is 0.646 bits per heavy atom. The fourth-order valence-corrected chi connectivity index (χ4v) is 16.3. The van der Waals surface area contributed by atoms with Crippen LogP contribution in [0.25, 0.3) is 0 Å². The normalized spacial score (nSPS) is 54.3. The summed E-state index contributed by atoms with van der Waals surface area (Å²) in [4.78, 5) is 24.2. The maximum atomic E-state index is 12.2. The quantitative estimate of drug-likeness (QED) is 0.308. The minimum atomic E-state index is -0.547. The lowest BCUT2D eigenvalue weighted by atomic mass is 9.44. The van der Waals surface area contributed by atoms with Crippen molar-refractivity contribution in [2.45, 2.75) is 182 Å². The average Bonchev–Trinajstić information content (AvgIpc) is 3.55. The molecule has 0 bridgehead atoms. The Kier molecular flexibility index (Phi) is 8.83. The van der Waals surface area contributed by atoms with Gasteiger partial charge in [0.1, 0.15) is 11.6 Å². The first-order valence-electron chi connectivity index (χ1n) is 20.8. The summed E-state index contributed by atoms with van der Waals surface area (Å²) in [5.41, 5.74) is 0.456. The molecule has 0 aliphatic heterocycles. The van der Waals surface area contributed by atoms with Crippen LogP contribution in [0.3, 0.4) is 0 Å². The second-order valence-corrected chi connectivity index (χ2v) is 21.4. The topological polar surface area (TPSA) is 74.6 Å². The minimum Gasteiger partial charge on any atom is -0.390 e. The summed E-state index contributed by atoms with van der Waals surface area (Å²) in [7, 11) is 0. The average molecular weight is 665 g/mol. The Balaban J connectivity index is 0.000000152. The van der Waals surface area contributed by atoms with Crippen molar-refractivity contribution in [3.05, 3.63) is 0 Å². The van der Waals surface area contributed by atoms with Crippen LogP contribution >= 0.6 is 0 Å². The fourth-order valence-electron chi connectivity index (χ4n) is 16.3. The van der Waals surface area contributed by atoms with Crippen molar-refractivity contribution in [3.63, 3.8) is 0 Å². The first-order chi connectivity index (χ1) is 22.3. The number of aliphatic hydroxyl groups is 2. The monoisotopic (exact) mass is 665 g/mol. The number of hydrogen-bond donors (Lipinski definition) is 2. The van der Waals surface area contributed by atoms with Crippen molar-refractivity contribution in [3.8, 4) is 0 Å². The predicted molar refractivity (Wildman–Crippen MR) is 193 cm³/mol. The van der Waals surface area contributed by atoms with E-state index in [2.05, 4.69) is 27.7 Å². The molecule has 8 aliphatic carbocycles. The molecule has 8 saturated carbocycles. The highest BCUT2D eigenvalue weighted by Crippen LogP contribution is 2.70. The second-order valence-electron chi connectivity index (χ2n) is 21.4. The smallest absolute Gasteiger partial charge is 0.133 e. The van der Waals surface area contributed by atoms with Crippen LogP contribution in [0.1, 0.15) is 171 Å². The zero-order valence-corrected chi connectivity index (χ0v) is 32.2. The number of hydrogen-bond acceptors (Lipinski definition) is 4. The molecule has 0 aromatic heterocycles. The molecule has 0 amide bonds. The summed E-state index contributed by atoms with van der Waals surface area (Å²) >= 11 is 0. The third-order valence-corrected chi connectivity index (χ3v) is 18.8. The molecule has 0 heterocycles. The van der Waals surface area contributed by atoms with E-state index in [1.807, 2.05) is 27.7 Å². The van der Waals surface area contributed by atoms with Crippen LogP contribution in [0.2, 0.25) is 0 Å². The minimum absolute atomic E-state index is 0.274. The summed E-state index contributed by atoms with van der Waals surface area (Å²) in [6.45, 7) is 17.9. The van der Waals surface area contributed by atoms with Crippen molar-refractivity contribution in [2.75, 3.05) is 0 Å². The van der Waals surface area contributed by atoms with E-state index in [9.17, 15) is 19.8 Å². The van der Waals surface area contributed by atoms with E-state index in [-0.39, 0.29) is 5.41 Å². The van der Waals surface area contributed by atoms with Gasteiger partial charge in [0.2, 0.25) is 0 Å². The molecule has 0 aromatic carbocycles. The predicted octanol–water partition coefficient (Wildman–Crippen LogP) is 9.97. The third-order valence-electron chi connectivity index (χ3n) is 18.8. The van der Waals surface area contributed by atoms with Gasteiger partial charge in [0.05, 0.1) is 11.2 Å². The number of ketones is 2. The van der Waals surface area contributed by atoms with Gasteiger partial charge in [-0.25, -0.2) is 0 Å². The molecule has 4 heteroatoms. The fraction of sp³-hybridized carbons (Fsp3) is 0.955. The molecular formula is C44H72O4. The summed E-state index contributed by atoms with van der Waals surface area (Å²) in [6.07, 6.45) is 21.3. The van der Waals surface area contributed by atoms with Crippen LogP contribution in [0, 0.1) is 80.8 Å². The third kappa shape index (κ3) is 5.47. The van der Waals surface area contributed by atoms with E-state index in [0.29, 0.717) is 51.5 Å². The molecule has 8 rings (SSSR count). The number of Topliss-reactive ketones (excluding diaryl/α,β-unsaturated/α-hetero) is 2. The lowest BCUT2D eigenvalue weighted by molar-refractivity contribution is -0.150. The van der Waals surface area contributed by atoms with Crippen LogP contribution < -0.4 is 0 Å². The molecule has 2 N–H and O–H groups in total. The van der Waals surface area contributed by atoms with Crippen LogP contribution in [0.5, 0.6) is 0 Å². The molecule has 48 heavy (non-hydrogen) atoms. The van der Waals surface area contributed by atoms with E-state index in [1.54, 1.807) is 0 Å². The number of fused-ring (bicyclic) bond motifs is 10. The standard InChI is InChI=1S/2C22H36O2/c1-20(2,24)19-8-7-17-16-6-5-14-13-15(23)9-11-21(14,3)18(16)10-12-22(17,19)4;1-14(23)17-7-8-18-16-6-5-15-13-20(2,24)11-12-21(15,3)19(16)9-10-22(17,18)4/h14,16-19,24H,5-13H2,1-4H3;15-19,24H,5-13H2,1-4H3/t14-,16-,17-,18-,19+,21-,22-;15-,16-,17+,18-,19-,20-,21-,22+/m00/s1. The van der Waals surface area contributed by atoms with Gasteiger partial charge in [-0.05, 0) is 205 Å². The van der Waals surface area contributed by atoms with Gasteiger partial charge >= 0.3 is 0 Å². The Morgan fingerprint density at radius 2 is 1.19 bits per heavy atom. The van der Waals surface area contributed by atoms with Crippen LogP contribution in [0.15, 0.2) is 0 Å². The number of rotatable bonds is 2. The second kappa shape index (κ2) is 11.9. The lowest BCUT2D eigenvalue weighted by Crippen LogP contribution is -2.55. The Morgan fingerprint density at radius 3 is 1.81 bits per heavy atom. The van der Waals surface area contributed by atoms with Gasteiger partial charge in [-0.2, -0.15) is 0 Å². The van der Waals surface area contributed by atoms with Gasteiger partial charge in [-0.15, -0.1) is 0 Å². The lowest BCUT2D eigenvalue weighted by Gasteiger charge is -2.61. The maximum absolute atomic E-state index is 12.2. The zero-order chi connectivity index (χ0) is 34.7.